The topological polar surface area (TPSA) is 12.9 Å². The molecule has 0 fully saturated rings. The monoisotopic (exact) mass is 171 g/mol. The molecular formula is C12H13N. The highest BCUT2D eigenvalue weighted by atomic mass is 14.7. The van der Waals surface area contributed by atoms with E-state index >= 15 is 0 Å². The zero-order valence-electron chi connectivity index (χ0n) is 7.99. The normalized spacial score (nSPS) is 20.5. The van der Waals surface area contributed by atoms with Crippen LogP contribution in [-0.4, -0.2) is 4.98 Å². The Morgan fingerprint density at radius 2 is 2.23 bits per heavy atom. The third kappa shape index (κ3) is 1.55. The molecule has 1 aromatic rings. The summed E-state index contributed by atoms with van der Waals surface area (Å²) in [7, 11) is 0. The fourth-order valence-corrected chi connectivity index (χ4v) is 1.46. The second kappa shape index (κ2) is 3.17. The van der Waals surface area contributed by atoms with Crippen LogP contribution in [0, 0.1) is 5.92 Å². The summed E-state index contributed by atoms with van der Waals surface area (Å²) in [5, 5.41) is 0. The SMILES string of the molecule is CC1=Cc2cccnc2C=CC1C. The van der Waals surface area contributed by atoms with Gasteiger partial charge in [0.15, 0.2) is 0 Å². The van der Waals surface area contributed by atoms with E-state index in [1.165, 1.54) is 11.1 Å². The van der Waals surface area contributed by atoms with Crippen LogP contribution in [0.1, 0.15) is 25.1 Å². The molecule has 1 aromatic heterocycles. The molecule has 1 aliphatic rings. The number of nitrogens with zero attached hydrogens (tertiary/aromatic N) is 1. The highest BCUT2D eigenvalue weighted by Gasteiger charge is 2.06. The Morgan fingerprint density at radius 1 is 1.38 bits per heavy atom. The first-order valence-electron chi connectivity index (χ1n) is 4.59. The minimum absolute atomic E-state index is 0.522. The molecule has 1 aliphatic carbocycles. The van der Waals surface area contributed by atoms with Gasteiger partial charge >= 0.3 is 0 Å². The van der Waals surface area contributed by atoms with Crippen LogP contribution in [0.4, 0.5) is 0 Å². The summed E-state index contributed by atoms with van der Waals surface area (Å²) in [6, 6.07) is 4.08. The standard InChI is InChI=1S/C12H13N/c1-9-5-6-12-11(8-10(9)2)4-3-7-13-12/h3-9H,1-2H3. The van der Waals surface area contributed by atoms with Gasteiger partial charge in [-0.2, -0.15) is 0 Å². The number of allylic oxidation sites excluding steroid dienone is 2. The summed E-state index contributed by atoms with van der Waals surface area (Å²) in [5.41, 5.74) is 3.69. The van der Waals surface area contributed by atoms with Crippen molar-refractivity contribution in [3.8, 4) is 0 Å². The molecule has 1 nitrogen and oxygen atoms in total. The largest absolute Gasteiger partial charge is 0.256 e. The number of rotatable bonds is 0. The van der Waals surface area contributed by atoms with Crippen LogP contribution in [-0.2, 0) is 0 Å². The predicted molar refractivity (Wildman–Crippen MR) is 56.1 cm³/mol. The van der Waals surface area contributed by atoms with Gasteiger partial charge in [-0.3, -0.25) is 4.98 Å². The van der Waals surface area contributed by atoms with Crippen molar-refractivity contribution in [2.24, 2.45) is 5.92 Å². The highest BCUT2D eigenvalue weighted by Crippen LogP contribution is 2.22. The number of aromatic nitrogens is 1. The molecule has 13 heavy (non-hydrogen) atoms. The Kier molecular flexibility index (Phi) is 2.01. The second-order valence-electron chi connectivity index (χ2n) is 3.51. The first kappa shape index (κ1) is 8.24. The summed E-state index contributed by atoms with van der Waals surface area (Å²) in [6.45, 7) is 4.37. The summed E-state index contributed by atoms with van der Waals surface area (Å²) < 4.78 is 0. The van der Waals surface area contributed by atoms with Gasteiger partial charge in [0, 0.05) is 11.8 Å². The maximum atomic E-state index is 4.32. The molecule has 0 aromatic carbocycles. The first-order chi connectivity index (χ1) is 6.27. The van der Waals surface area contributed by atoms with Gasteiger partial charge in [-0.1, -0.05) is 30.7 Å². The van der Waals surface area contributed by atoms with E-state index in [4.69, 9.17) is 0 Å². The molecule has 0 radical (unpaired) electrons. The molecule has 0 aliphatic heterocycles. The molecule has 66 valence electrons. The molecule has 0 bridgehead atoms. The average Bonchev–Trinajstić information content (AvgIpc) is 2.28. The van der Waals surface area contributed by atoms with Gasteiger partial charge in [-0.25, -0.2) is 0 Å². The molecule has 1 heteroatoms. The minimum Gasteiger partial charge on any atom is -0.256 e. The number of hydrogen-bond acceptors (Lipinski definition) is 1. The summed E-state index contributed by atoms with van der Waals surface area (Å²) in [6.07, 6.45) is 8.35. The van der Waals surface area contributed by atoms with E-state index in [0.717, 1.165) is 5.69 Å². The molecular weight excluding hydrogens is 158 g/mol. The van der Waals surface area contributed by atoms with Crippen LogP contribution in [0.25, 0.3) is 12.2 Å². The molecule has 0 saturated heterocycles. The van der Waals surface area contributed by atoms with Crippen molar-refractivity contribution in [1.82, 2.24) is 4.98 Å². The van der Waals surface area contributed by atoms with Gasteiger partial charge in [0.05, 0.1) is 5.69 Å². The van der Waals surface area contributed by atoms with E-state index in [2.05, 4.69) is 43.1 Å². The third-order valence-electron chi connectivity index (χ3n) is 2.52. The lowest BCUT2D eigenvalue weighted by Gasteiger charge is -2.03. The number of pyridine rings is 1. The van der Waals surface area contributed by atoms with Crippen LogP contribution in [0.3, 0.4) is 0 Å². The Hall–Kier alpha value is -1.37. The van der Waals surface area contributed by atoms with Crippen LogP contribution < -0.4 is 0 Å². The fraction of sp³-hybridized carbons (Fsp3) is 0.250. The quantitative estimate of drug-likeness (QED) is 0.584. The molecule has 0 saturated carbocycles. The van der Waals surface area contributed by atoms with Gasteiger partial charge in [0.25, 0.3) is 0 Å². The zero-order chi connectivity index (χ0) is 9.26. The predicted octanol–water partition coefficient (Wildman–Crippen LogP) is 3.15. The van der Waals surface area contributed by atoms with Crippen LogP contribution in [0.5, 0.6) is 0 Å². The Bertz CT molecular complexity index is 374. The van der Waals surface area contributed by atoms with Gasteiger partial charge < -0.3 is 0 Å². The third-order valence-corrected chi connectivity index (χ3v) is 2.52. The van der Waals surface area contributed by atoms with Crippen molar-refractivity contribution in [3.05, 3.63) is 41.2 Å². The lowest BCUT2D eigenvalue weighted by Crippen LogP contribution is -1.88. The zero-order valence-corrected chi connectivity index (χ0v) is 7.99. The first-order valence-corrected chi connectivity index (χ1v) is 4.59. The Morgan fingerprint density at radius 3 is 3.08 bits per heavy atom. The molecule has 2 rings (SSSR count). The van der Waals surface area contributed by atoms with E-state index in [9.17, 15) is 0 Å². The van der Waals surface area contributed by atoms with Crippen LogP contribution in [0.2, 0.25) is 0 Å². The lowest BCUT2D eigenvalue weighted by atomic mass is 10.0. The van der Waals surface area contributed by atoms with Crippen molar-refractivity contribution >= 4 is 12.2 Å². The van der Waals surface area contributed by atoms with Crippen molar-refractivity contribution in [2.75, 3.05) is 0 Å². The van der Waals surface area contributed by atoms with Crippen molar-refractivity contribution in [1.29, 1.82) is 0 Å². The van der Waals surface area contributed by atoms with Gasteiger partial charge in [0.1, 0.15) is 0 Å². The summed E-state index contributed by atoms with van der Waals surface area (Å²) >= 11 is 0. The minimum atomic E-state index is 0.522. The average molecular weight is 171 g/mol. The van der Waals surface area contributed by atoms with E-state index < -0.39 is 0 Å². The molecule has 0 spiro atoms. The van der Waals surface area contributed by atoms with E-state index in [1.54, 1.807) is 0 Å². The van der Waals surface area contributed by atoms with Gasteiger partial charge in [0.2, 0.25) is 0 Å². The summed E-state index contributed by atoms with van der Waals surface area (Å²) in [4.78, 5) is 4.32. The molecule has 0 amide bonds. The molecule has 1 unspecified atom stereocenters. The summed E-state index contributed by atoms with van der Waals surface area (Å²) in [5.74, 6) is 0.522. The van der Waals surface area contributed by atoms with Crippen LogP contribution in [0.15, 0.2) is 30.0 Å². The van der Waals surface area contributed by atoms with Gasteiger partial charge in [-0.15, -0.1) is 0 Å². The van der Waals surface area contributed by atoms with Gasteiger partial charge in [-0.05, 0) is 25.0 Å². The van der Waals surface area contributed by atoms with Crippen molar-refractivity contribution in [2.45, 2.75) is 13.8 Å². The molecule has 1 heterocycles. The van der Waals surface area contributed by atoms with E-state index in [1.807, 2.05) is 12.3 Å². The maximum Gasteiger partial charge on any atom is 0.0698 e. The smallest absolute Gasteiger partial charge is 0.0698 e. The van der Waals surface area contributed by atoms with E-state index in [0.29, 0.717) is 5.92 Å². The Labute approximate surface area is 78.8 Å². The Balaban J connectivity index is 2.56. The van der Waals surface area contributed by atoms with Crippen molar-refractivity contribution < 1.29 is 0 Å². The number of hydrogen-bond donors (Lipinski definition) is 0. The van der Waals surface area contributed by atoms with E-state index in [-0.39, 0.29) is 0 Å². The fourth-order valence-electron chi connectivity index (χ4n) is 1.46. The molecule has 1 atom stereocenters. The molecule has 0 N–H and O–H groups in total. The lowest BCUT2D eigenvalue weighted by molar-refractivity contribution is 0.877. The highest BCUT2D eigenvalue weighted by molar-refractivity contribution is 5.66. The van der Waals surface area contributed by atoms with Crippen LogP contribution >= 0.6 is 0 Å². The maximum absolute atomic E-state index is 4.32. The number of fused-ring (bicyclic) bond motifs is 1. The second-order valence-corrected chi connectivity index (χ2v) is 3.51. The van der Waals surface area contributed by atoms with Crippen molar-refractivity contribution in [3.63, 3.8) is 0 Å².